The summed E-state index contributed by atoms with van der Waals surface area (Å²) in [6, 6.07) is 8.19. The summed E-state index contributed by atoms with van der Waals surface area (Å²) < 4.78 is 0. The summed E-state index contributed by atoms with van der Waals surface area (Å²) >= 11 is 0. The van der Waals surface area contributed by atoms with E-state index in [4.69, 9.17) is 0 Å². The van der Waals surface area contributed by atoms with Crippen LogP contribution in [0.3, 0.4) is 0 Å². The molecular formula is C17H26N2. The fourth-order valence-corrected chi connectivity index (χ4v) is 1.31. The van der Waals surface area contributed by atoms with Gasteiger partial charge in [-0.05, 0) is 43.0 Å². The molecule has 0 bridgehead atoms. The summed E-state index contributed by atoms with van der Waals surface area (Å²) in [6.07, 6.45) is 7.76. The number of hydrogen-bond donors (Lipinski definition) is 0. The smallest absolute Gasteiger partial charge is 0.0372 e. The maximum atomic E-state index is 4.15. The van der Waals surface area contributed by atoms with Crippen molar-refractivity contribution in [1.29, 1.82) is 0 Å². The molecule has 2 aromatic heterocycles. The second kappa shape index (κ2) is 11.4. The van der Waals surface area contributed by atoms with Gasteiger partial charge in [-0.25, -0.2) is 0 Å². The topological polar surface area (TPSA) is 25.8 Å². The molecule has 0 aliphatic carbocycles. The first kappa shape index (κ1) is 17.3. The minimum absolute atomic E-state index is 1.08. The van der Waals surface area contributed by atoms with Crippen molar-refractivity contribution >= 4 is 0 Å². The van der Waals surface area contributed by atoms with Crippen LogP contribution in [-0.4, -0.2) is 9.97 Å². The van der Waals surface area contributed by atoms with Crippen LogP contribution in [0, 0.1) is 6.92 Å². The molecule has 0 unspecified atom stereocenters. The summed E-state index contributed by atoms with van der Waals surface area (Å²) in [5, 5.41) is 0. The summed E-state index contributed by atoms with van der Waals surface area (Å²) in [7, 11) is 0. The summed E-state index contributed by atoms with van der Waals surface area (Å²) in [6.45, 7) is 10.3. The van der Waals surface area contributed by atoms with E-state index < -0.39 is 0 Å². The Bertz CT molecular complexity index is 407. The normalized spacial score (nSPS) is 8.68. The molecule has 104 valence electrons. The van der Waals surface area contributed by atoms with E-state index in [-0.39, 0.29) is 0 Å². The third-order valence-electron chi connectivity index (χ3n) is 2.51. The highest BCUT2D eigenvalue weighted by Gasteiger charge is 1.86. The van der Waals surface area contributed by atoms with E-state index >= 15 is 0 Å². The standard InChI is InChI=1S/C8H11N.C7H9N.C2H6/c1-3-8-5-4-7(2)9-6-8;1-2-7-4-3-5-8-6-7;1-2/h4-6H,3H2,1-2H3;3-6H,2H2,1H3;1-2H3. The molecule has 2 heterocycles. The predicted octanol–water partition coefficient (Wildman–Crippen LogP) is 4.62. The molecule has 0 saturated carbocycles. The Balaban J connectivity index is 0.000000303. The lowest BCUT2D eigenvalue weighted by Gasteiger charge is -1.93. The Kier molecular flexibility index (Phi) is 10.4. The van der Waals surface area contributed by atoms with E-state index in [2.05, 4.69) is 35.9 Å². The molecule has 0 amide bonds. The molecule has 2 rings (SSSR count). The fraction of sp³-hybridized carbons (Fsp3) is 0.412. The highest BCUT2D eigenvalue weighted by Crippen LogP contribution is 1.98. The van der Waals surface area contributed by atoms with Crippen molar-refractivity contribution in [3.05, 3.63) is 59.7 Å². The van der Waals surface area contributed by atoms with Gasteiger partial charge in [-0.3, -0.25) is 9.97 Å². The van der Waals surface area contributed by atoms with Gasteiger partial charge in [-0.1, -0.05) is 39.8 Å². The van der Waals surface area contributed by atoms with Gasteiger partial charge in [-0.2, -0.15) is 0 Å². The third kappa shape index (κ3) is 8.09. The van der Waals surface area contributed by atoms with E-state index in [1.165, 1.54) is 11.1 Å². The number of aryl methyl sites for hydroxylation is 3. The molecular weight excluding hydrogens is 232 g/mol. The van der Waals surface area contributed by atoms with Crippen LogP contribution in [0.25, 0.3) is 0 Å². The van der Waals surface area contributed by atoms with E-state index in [0.29, 0.717) is 0 Å². The molecule has 2 nitrogen and oxygen atoms in total. The van der Waals surface area contributed by atoms with Gasteiger partial charge in [0.15, 0.2) is 0 Å². The van der Waals surface area contributed by atoms with Gasteiger partial charge in [0.1, 0.15) is 0 Å². The van der Waals surface area contributed by atoms with Crippen LogP contribution in [0.2, 0.25) is 0 Å². The van der Waals surface area contributed by atoms with Crippen LogP contribution in [0.1, 0.15) is 44.5 Å². The molecule has 0 spiro atoms. The average molecular weight is 258 g/mol. The second-order valence-corrected chi connectivity index (χ2v) is 3.88. The highest BCUT2D eigenvalue weighted by molar-refractivity contribution is 5.12. The lowest BCUT2D eigenvalue weighted by Crippen LogP contribution is -1.83. The number of hydrogen-bond acceptors (Lipinski definition) is 2. The SMILES string of the molecule is CC.CCc1ccc(C)nc1.CCc1cccnc1. The monoisotopic (exact) mass is 258 g/mol. The molecule has 2 aromatic rings. The quantitative estimate of drug-likeness (QED) is 0.785. The van der Waals surface area contributed by atoms with E-state index in [1.54, 1.807) is 6.20 Å². The number of pyridine rings is 2. The second-order valence-electron chi connectivity index (χ2n) is 3.88. The highest BCUT2D eigenvalue weighted by atomic mass is 14.6. The van der Waals surface area contributed by atoms with Gasteiger partial charge in [-0.15, -0.1) is 0 Å². The van der Waals surface area contributed by atoms with Gasteiger partial charge < -0.3 is 0 Å². The van der Waals surface area contributed by atoms with Crippen molar-refractivity contribution in [2.24, 2.45) is 0 Å². The Morgan fingerprint density at radius 2 is 1.53 bits per heavy atom. The average Bonchev–Trinajstić information content (AvgIpc) is 2.51. The van der Waals surface area contributed by atoms with Gasteiger partial charge in [0, 0.05) is 24.3 Å². The van der Waals surface area contributed by atoms with Crippen molar-refractivity contribution in [2.45, 2.75) is 47.5 Å². The molecule has 19 heavy (non-hydrogen) atoms. The lowest BCUT2D eigenvalue weighted by atomic mass is 10.2. The van der Waals surface area contributed by atoms with E-state index in [0.717, 1.165) is 18.5 Å². The van der Waals surface area contributed by atoms with Gasteiger partial charge in [0.05, 0.1) is 0 Å². The first-order chi connectivity index (χ1) is 9.26. The minimum Gasteiger partial charge on any atom is -0.264 e. The van der Waals surface area contributed by atoms with Crippen LogP contribution in [0.5, 0.6) is 0 Å². The van der Waals surface area contributed by atoms with Gasteiger partial charge in [0.25, 0.3) is 0 Å². The molecule has 0 aromatic carbocycles. The molecule has 0 saturated heterocycles. The molecule has 0 N–H and O–H groups in total. The summed E-state index contributed by atoms with van der Waals surface area (Å²) in [4.78, 5) is 8.11. The zero-order valence-electron chi connectivity index (χ0n) is 12.9. The van der Waals surface area contributed by atoms with Crippen LogP contribution in [0.15, 0.2) is 42.9 Å². The van der Waals surface area contributed by atoms with Crippen molar-refractivity contribution < 1.29 is 0 Å². The molecule has 0 radical (unpaired) electrons. The van der Waals surface area contributed by atoms with Crippen molar-refractivity contribution in [1.82, 2.24) is 9.97 Å². The Labute approximate surface area is 117 Å². The van der Waals surface area contributed by atoms with Crippen molar-refractivity contribution in [3.8, 4) is 0 Å². The van der Waals surface area contributed by atoms with E-state index in [1.807, 2.05) is 45.3 Å². The maximum Gasteiger partial charge on any atom is 0.0372 e. The number of nitrogens with zero attached hydrogens (tertiary/aromatic N) is 2. The maximum absolute atomic E-state index is 4.15. The lowest BCUT2D eigenvalue weighted by molar-refractivity contribution is 1.08. The molecule has 0 fully saturated rings. The van der Waals surface area contributed by atoms with Crippen LogP contribution < -0.4 is 0 Å². The van der Waals surface area contributed by atoms with Crippen LogP contribution >= 0.6 is 0 Å². The number of rotatable bonds is 2. The Morgan fingerprint density at radius 3 is 1.89 bits per heavy atom. The molecule has 0 aliphatic heterocycles. The van der Waals surface area contributed by atoms with Crippen molar-refractivity contribution in [3.63, 3.8) is 0 Å². The minimum atomic E-state index is 1.08. The van der Waals surface area contributed by atoms with Gasteiger partial charge in [0.2, 0.25) is 0 Å². The van der Waals surface area contributed by atoms with Crippen LogP contribution in [0.4, 0.5) is 0 Å². The molecule has 2 heteroatoms. The first-order valence-corrected chi connectivity index (χ1v) is 7.06. The zero-order chi connectivity index (χ0) is 14.5. The van der Waals surface area contributed by atoms with E-state index in [9.17, 15) is 0 Å². The molecule has 0 aliphatic rings. The fourth-order valence-electron chi connectivity index (χ4n) is 1.31. The summed E-state index contributed by atoms with van der Waals surface area (Å²) in [5.41, 5.74) is 3.69. The van der Waals surface area contributed by atoms with Gasteiger partial charge >= 0.3 is 0 Å². The predicted molar refractivity (Wildman–Crippen MR) is 83.3 cm³/mol. The third-order valence-corrected chi connectivity index (χ3v) is 2.51. The Morgan fingerprint density at radius 1 is 0.895 bits per heavy atom. The van der Waals surface area contributed by atoms with Crippen molar-refractivity contribution in [2.75, 3.05) is 0 Å². The largest absolute Gasteiger partial charge is 0.264 e. The molecule has 0 atom stereocenters. The Hall–Kier alpha value is -1.70. The number of aromatic nitrogens is 2. The van der Waals surface area contributed by atoms with Crippen LogP contribution in [-0.2, 0) is 12.8 Å². The summed E-state index contributed by atoms with van der Waals surface area (Å²) in [5.74, 6) is 0. The zero-order valence-corrected chi connectivity index (χ0v) is 12.9. The first-order valence-electron chi connectivity index (χ1n) is 7.06.